The second-order valence-corrected chi connectivity index (χ2v) is 9.18. The maximum absolute atomic E-state index is 13.3. The first-order valence-corrected chi connectivity index (χ1v) is 11.4. The summed E-state index contributed by atoms with van der Waals surface area (Å²) in [6.07, 6.45) is 5.18. The fraction of sp³-hybridized carbons (Fsp3) is 0.348. The van der Waals surface area contributed by atoms with Gasteiger partial charge in [-0.3, -0.25) is 4.79 Å². The van der Waals surface area contributed by atoms with E-state index in [0.717, 1.165) is 47.2 Å². The highest BCUT2D eigenvalue weighted by Gasteiger charge is 2.39. The summed E-state index contributed by atoms with van der Waals surface area (Å²) in [4.78, 5) is 25.1. The summed E-state index contributed by atoms with van der Waals surface area (Å²) in [5.74, 6) is 1.02. The van der Waals surface area contributed by atoms with E-state index >= 15 is 0 Å². The molecule has 2 aromatic rings. The molecule has 8 heteroatoms. The van der Waals surface area contributed by atoms with Gasteiger partial charge in [-0.15, -0.1) is 0 Å². The van der Waals surface area contributed by atoms with Crippen molar-refractivity contribution in [3.8, 4) is 6.07 Å². The Morgan fingerprint density at radius 3 is 2.68 bits per heavy atom. The molecule has 1 aromatic carbocycles. The third-order valence-corrected chi connectivity index (χ3v) is 7.69. The summed E-state index contributed by atoms with van der Waals surface area (Å²) in [6, 6.07) is 11.5. The van der Waals surface area contributed by atoms with Gasteiger partial charge in [0.15, 0.2) is 0 Å². The van der Waals surface area contributed by atoms with Crippen LogP contribution >= 0.6 is 11.8 Å². The third kappa shape index (κ3) is 3.39. The molecule has 1 unspecified atom stereocenters. The van der Waals surface area contributed by atoms with Crippen molar-refractivity contribution < 1.29 is 4.79 Å². The Labute approximate surface area is 186 Å². The zero-order valence-electron chi connectivity index (χ0n) is 17.4. The van der Waals surface area contributed by atoms with Crippen molar-refractivity contribution in [1.29, 1.82) is 5.26 Å². The van der Waals surface area contributed by atoms with Crippen LogP contribution < -0.4 is 15.5 Å². The van der Waals surface area contributed by atoms with Gasteiger partial charge in [0.25, 0.3) is 5.91 Å². The molecule has 0 saturated carbocycles. The Hall–Kier alpha value is -3.18. The van der Waals surface area contributed by atoms with Gasteiger partial charge in [-0.25, -0.2) is 4.98 Å². The Morgan fingerprint density at radius 2 is 2.00 bits per heavy atom. The molecule has 0 aliphatic carbocycles. The Morgan fingerprint density at radius 1 is 1.19 bits per heavy atom. The van der Waals surface area contributed by atoms with Crippen LogP contribution in [0.2, 0.25) is 0 Å². The summed E-state index contributed by atoms with van der Waals surface area (Å²) in [6.45, 7) is 2.74. The van der Waals surface area contributed by atoms with Gasteiger partial charge in [0.2, 0.25) is 0 Å². The molecule has 0 spiro atoms. The minimum absolute atomic E-state index is 0.00801. The first-order valence-electron chi connectivity index (χ1n) is 10.5. The molecular weight excluding hydrogens is 408 g/mol. The second kappa shape index (κ2) is 7.82. The van der Waals surface area contributed by atoms with Gasteiger partial charge in [-0.05, 0) is 37.1 Å². The monoisotopic (exact) mass is 432 g/mol. The highest BCUT2D eigenvalue weighted by atomic mass is 32.2. The average molecular weight is 433 g/mol. The van der Waals surface area contributed by atoms with Gasteiger partial charge in [-0.2, -0.15) is 5.26 Å². The number of carbonyl (C=O) groups is 1. The second-order valence-electron chi connectivity index (χ2n) is 8.09. The lowest BCUT2D eigenvalue weighted by Gasteiger charge is -2.30. The minimum Gasteiger partial charge on any atom is -0.398 e. The number of amides is 1. The number of benzene rings is 1. The Balaban J connectivity index is 1.35. The molecule has 31 heavy (non-hydrogen) atoms. The number of nitrogen functional groups attached to an aromatic ring is 1. The van der Waals surface area contributed by atoms with Crippen LogP contribution in [-0.4, -0.2) is 42.5 Å². The summed E-state index contributed by atoms with van der Waals surface area (Å²) in [5.41, 5.74) is 9.71. The van der Waals surface area contributed by atoms with Gasteiger partial charge in [0, 0.05) is 56.2 Å². The highest BCUT2D eigenvalue weighted by molar-refractivity contribution is 8.04. The zero-order valence-corrected chi connectivity index (χ0v) is 18.2. The molecule has 3 aliphatic heterocycles. The summed E-state index contributed by atoms with van der Waals surface area (Å²) in [7, 11) is 2.05. The summed E-state index contributed by atoms with van der Waals surface area (Å²) < 4.78 is 0. The maximum atomic E-state index is 13.3. The molecule has 7 nitrogen and oxygen atoms in total. The number of nitrogens with two attached hydrogens (primary N) is 1. The van der Waals surface area contributed by atoms with E-state index < -0.39 is 0 Å². The van der Waals surface area contributed by atoms with Crippen LogP contribution in [0.1, 0.15) is 35.8 Å². The van der Waals surface area contributed by atoms with E-state index in [-0.39, 0.29) is 11.3 Å². The van der Waals surface area contributed by atoms with Crippen molar-refractivity contribution in [1.82, 2.24) is 9.88 Å². The quantitative estimate of drug-likeness (QED) is 0.743. The van der Waals surface area contributed by atoms with E-state index in [1.807, 2.05) is 6.20 Å². The van der Waals surface area contributed by atoms with Crippen LogP contribution in [-0.2, 0) is 4.79 Å². The van der Waals surface area contributed by atoms with Crippen LogP contribution in [0, 0.1) is 11.3 Å². The minimum atomic E-state index is -0.00801. The first kappa shape index (κ1) is 19.8. The van der Waals surface area contributed by atoms with Crippen LogP contribution in [0.3, 0.4) is 0 Å². The Bertz CT molecular complexity index is 1100. The van der Waals surface area contributed by atoms with Gasteiger partial charge in [0.1, 0.15) is 17.3 Å². The number of nitriles is 1. The summed E-state index contributed by atoms with van der Waals surface area (Å²) >= 11 is 1.59. The molecule has 1 aromatic heterocycles. The SMILES string of the molecule is CN1C2=C(SC1c1ccc(N3CCCC3)nc1)C(=O)N(c1ccc(C#N)c(N)c1)CC2. The van der Waals surface area contributed by atoms with Crippen molar-refractivity contribution in [2.24, 2.45) is 0 Å². The number of pyridine rings is 1. The van der Waals surface area contributed by atoms with Crippen LogP contribution in [0.4, 0.5) is 17.2 Å². The fourth-order valence-corrected chi connectivity index (χ4v) is 5.88. The van der Waals surface area contributed by atoms with E-state index in [1.54, 1.807) is 34.9 Å². The van der Waals surface area contributed by atoms with E-state index in [0.29, 0.717) is 17.8 Å². The molecule has 3 aliphatic rings. The van der Waals surface area contributed by atoms with E-state index in [4.69, 9.17) is 16.0 Å². The molecule has 0 radical (unpaired) electrons. The van der Waals surface area contributed by atoms with Gasteiger partial charge in [-0.1, -0.05) is 17.8 Å². The van der Waals surface area contributed by atoms with Gasteiger partial charge < -0.3 is 20.4 Å². The molecule has 0 bridgehead atoms. The lowest BCUT2D eigenvalue weighted by Crippen LogP contribution is -2.37. The lowest BCUT2D eigenvalue weighted by molar-refractivity contribution is -0.114. The Kier molecular flexibility index (Phi) is 4.98. The molecule has 5 rings (SSSR count). The third-order valence-electron chi connectivity index (χ3n) is 6.23. The van der Waals surface area contributed by atoms with Crippen molar-refractivity contribution in [3.05, 3.63) is 58.3 Å². The number of rotatable bonds is 3. The van der Waals surface area contributed by atoms with Crippen LogP contribution in [0.5, 0.6) is 0 Å². The number of aromatic nitrogens is 1. The number of thioether (sulfide) groups is 1. The van der Waals surface area contributed by atoms with E-state index in [9.17, 15) is 4.79 Å². The standard InChI is InChI=1S/C23H24N6OS/c1-27-19-8-11-29(17-6-4-15(13-24)18(25)12-17)22(30)21(19)31-23(27)16-5-7-20(26-14-16)28-9-2-3-10-28/h4-7,12,14,23H,2-3,8-11,25H2,1H3. The number of nitrogens with zero attached hydrogens (tertiary/aromatic N) is 5. The number of hydrogen-bond acceptors (Lipinski definition) is 7. The number of carbonyl (C=O) groups excluding carboxylic acids is 1. The van der Waals surface area contributed by atoms with Crippen LogP contribution in [0.25, 0.3) is 0 Å². The van der Waals surface area contributed by atoms with Gasteiger partial charge >= 0.3 is 0 Å². The topological polar surface area (TPSA) is 89.5 Å². The molecule has 2 N–H and O–H groups in total. The summed E-state index contributed by atoms with van der Waals surface area (Å²) in [5, 5.41) is 9.15. The van der Waals surface area contributed by atoms with E-state index in [1.165, 1.54) is 12.8 Å². The van der Waals surface area contributed by atoms with Crippen molar-refractivity contribution in [2.75, 3.05) is 42.2 Å². The smallest absolute Gasteiger partial charge is 0.266 e. The van der Waals surface area contributed by atoms with Crippen molar-refractivity contribution >= 4 is 34.9 Å². The first-order chi connectivity index (χ1) is 15.1. The molecule has 1 saturated heterocycles. The van der Waals surface area contributed by atoms with Gasteiger partial charge in [0.05, 0.1) is 16.2 Å². The largest absolute Gasteiger partial charge is 0.398 e. The predicted molar refractivity (Wildman–Crippen MR) is 123 cm³/mol. The van der Waals surface area contributed by atoms with Crippen molar-refractivity contribution in [3.63, 3.8) is 0 Å². The normalized spacial score (nSPS) is 21.0. The van der Waals surface area contributed by atoms with Crippen LogP contribution in [0.15, 0.2) is 47.1 Å². The molecule has 4 heterocycles. The molecule has 1 fully saturated rings. The number of anilines is 3. The predicted octanol–water partition coefficient (Wildman–Crippen LogP) is 3.46. The lowest BCUT2D eigenvalue weighted by atomic mass is 10.1. The molecule has 158 valence electrons. The van der Waals surface area contributed by atoms with Crippen molar-refractivity contribution in [2.45, 2.75) is 24.6 Å². The molecule has 1 atom stereocenters. The number of hydrogen-bond donors (Lipinski definition) is 1. The molecular formula is C23H24N6OS. The van der Waals surface area contributed by atoms with E-state index in [2.05, 4.69) is 35.0 Å². The maximum Gasteiger partial charge on any atom is 0.266 e. The average Bonchev–Trinajstić information content (AvgIpc) is 3.43. The highest BCUT2D eigenvalue weighted by Crippen LogP contribution is 2.50. The fourth-order valence-electron chi connectivity index (χ4n) is 4.50. The zero-order chi connectivity index (χ0) is 21.5. The molecule has 1 amide bonds.